The fourth-order valence-corrected chi connectivity index (χ4v) is 2.37. The van der Waals surface area contributed by atoms with Crippen molar-refractivity contribution in [1.29, 1.82) is 0 Å². The summed E-state index contributed by atoms with van der Waals surface area (Å²) in [5.41, 5.74) is 0. The van der Waals surface area contributed by atoms with Crippen molar-refractivity contribution in [3.8, 4) is 0 Å². The van der Waals surface area contributed by atoms with Crippen LogP contribution in [0.2, 0.25) is 0 Å². The first-order chi connectivity index (χ1) is 7.72. The van der Waals surface area contributed by atoms with Crippen LogP contribution in [0.25, 0.3) is 0 Å². The van der Waals surface area contributed by atoms with E-state index in [0.29, 0.717) is 0 Å². The summed E-state index contributed by atoms with van der Waals surface area (Å²) in [6.07, 6.45) is 5.50. The molecule has 0 spiro atoms. The lowest BCUT2D eigenvalue weighted by molar-refractivity contribution is 0.180. The van der Waals surface area contributed by atoms with Gasteiger partial charge in [-0.25, -0.2) is 0 Å². The number of likely N-dealkylation sites (tertiary alicyclic amines) is 1. The summed E-state index contributed by atoms with van der Waals surface area (Å²) < 4.78 is 0. The zero-order chi connectivity index (χ0) is 11.8. The average molecular weight is 226 g/mol. The summed E-state index contributed by atoms with van der Waals surface area (Å²) in [6.45, 7) is 13.2. The van der Waals surface area contributed by atoms with Crippen LogP contribution in [0, 0.1) is 11.8 Å². The van der Waals surface area contributed by atoms with Crippen LogP contribution >= 0.6 is 0 Å². The molecule has 1 rings (SSSR count). The maximum Gasteiger partial charge on any atom is -0.00156 e. The molecule has 96 valence electrons. The van der Waals surface area contributed by atoms with Gasteiger partial charge in [-0.05, 0) is 63.8 Å². The molecular weight excluding hydrogens is 196 g/mol. The Morgan fingerprint density at radius 1 is 1.25 bits per heavy atom. The van der Waals surface area contributed by atoms with E-state index < -0.39 is 0 Å². The lowest BCUT2D eigenvalue weighted by Gasteiger charge is -2.32. The average Bonchev–Trinajstić information content (AvgIpc) is 2.27. The van der Waals surface area contributed by atoms with Gasteiger partial charge in [-0.1, -0.05) is 27.2 Å². The summed E-state index contributed by atoms with van der Waals surface area (Å²) in [5.74, 6) is 1.71. The molecule has 0 bridgehead atoms. The molecule has 1 saturated heterocycles. The van der Waals surface area contributed by atoms with E-state index in [4.69, 9.17) is 0 Å². The molecule has 0 atom stereocenters. The van der Waals surface area contributed by atoms with Crippen LogP contribution in [0.3, 0.4) is 0 Å². The van der Waals surface area contributed by atoms with E-state index in [1.54, 1.807) is 0 Å². The minimum atomic E-state index is 0.782. The zero-order valence-electron chi connectivity index (χ0n) is 11.5. The molecule has 0 aliphatic carbocycles. The van der Waals surface area contributed by atoms with Crippen LogP contribution < -0.4 is 5.32 Å². The molecule has 0 aromatic carbocycles. The minimum Gasteiger partial charge on any atom is -0.316 e. The Labute approximate surface area is 102 Å². The van der Waals surface area contributed by atoms with E-state index in [1.165, 1.54) is 58.4 Å². The van der Waals surface area contributed by atoms with Gasteiger partial charge < -0.3 is 10.2 Å². The zero-order valence-corrected chi connectivity index (χ0v) is 11.5. The van der Waals surface area contributed by atoms with Gasteiger partial charge in [0.05, 0.1) is 0 Å². The van der Waals surface area contributed by atoms with Gasteiger partial charge in [-0.3, -0.25) is 0 Å². The lowest BCUT2D eigenvalue weighted by Crippen LogP contribution is -2.38. The number of piperidine rings is 1. The van der Waals surface area contributed by atoms with Gasteiger partial charge in [0.25, 0.3) is 0 Å². The third kappa shape index (κ3) is 5.86. The second kappa shape index (κ2) is 8.08. The van der Waals surface area contributed by atoms with Gasteiger partial charge in [0.1, 0.15) is 0 Å². The Kier molecular flexibility index (Phi) is 7.06. The first kappa shape index (κ1) is 14.0. The number of unbranched alkanes of at least 4 members (excludes halogenated alkanes) is 1. The van der Waals surface area contributed by atoms with E-state index in [-0.39, 0.29) is 0 Å². The van der Waals surface area contributed by atoms with Crippen molar-refractivity contribution in [2.45, 2.75) is 46.5 Å². The molecule has 1 N–H and O–H groups in total. The van der Waals surface area contributed by atoms with E-state index >= 15 is 0 Å². The summed E-state index contributed by atoms with van der Waals surface area (Å²) in [5, 5.41) is 3.59. The Balaban J connectivity index is 2.03. The molecule has 0 aromatic heterocycles. The second-order valence-electron chi connectivity index (χ2n) is 5.69. The summed E-state index contributed by atoms with van der Waals surface area (Å²) in [7, 11) is 0. The van der Waals surface area contributed by atoms with Gasteiger partial charge >= 0.3 is 0 Å². The molecule has 2 heteroatoms. The predicted octanol–water partition coefficient (Wildman–Crippen LogP) is 2.74. The van der Waals surface area contributed by atoms with E-state index in [9.17, 15) is 0 Å². The number of rotatable bonds is 7. The summed E-state index contributed by atoms with van der Waals surface area (Å²) in [6, 6.07) is 0. The number of nitrogens with one attached hydrogen (secondary N) is 1. The number of hydrogen-bond donors (Lipinski definition) is 1. The molecule has 2 nitrogen and oxygen atoms in total. The van der Waals surface area contributed by atoms with Crippen molar-refractivity contribution in [2.75, 3.05) is 32.7 Å². The lowest BCUT2D eigenvalue weighted by atomic mass is 9.96. The van der Waals surface area contributed by atoms with Gasteiger partial charge in [-0.15, -0.1) is 0 Å². The Hall–Kier alpha value is -0.0800. The summed E-state index contributed by atoms with van der Waals surface area (Å²) in [4.78, 5) is 2.64. The molecule has 0 aromatic rings. The Morgan fingerprint density at radius 2 is 1.94 bits per heavy atom. The summed E-state index contributed by atoms with van der Waals surface area (Å²) >= 11 is 0. The molecule has 0 radical (unpaired) electrons. The van der Waals surface area contributed by atoms with E-state index in [1.807, 2.05) is 0 Å². The SMILES string of the molecule is CCCCN1CCC(CNCC(C)C)CC1. The van der Waals surface area contributed by atoms with Gasteiger partial charge in [0, 0.05) is 0 Å². The molecule has 1 heterocycles. The third-order valence-electron chi connectivity index (χ3n) is 3.52. The van der Waals surface area contributed by atoms with Crippen molar-refractivity contribution in [3.05, 3.63) is 0 Å². The second-order valence-corrected chi connectivity index (χ2v) is 5.69. The fourth-order valence-electron chi connectivity index (χ4n) is 2.37. The predicted molar refractivity (Wildman–Crippen MR) is 71.8 cm³/mol. The highest BCUT2D eigenvalue weighted by Crippen LogP contribution is 2.16. The number of nitrogens with zero attached hydrogens (tertiary/aromatic N) is 1. The van der Waals surface area contributed by atoms with Crippen LogP contribution in [0.1, 0.15) is 46.5 Å². The molecule has 1 aliphatic heterocycles. The standard InChI is InChI=1S/C14H30N2/c1-4-5-8-16-9-6-14(7-10-16)12-15-11-13(2)3/h13-15H,4-12H2,1-3H3. The van der Waals surface area contributed by atoms with Crippen molar-refractivity contribution in [1.82, 2.24) is 10.2 Å². The van der Waals surface area contributed by atoms with Crippen LogP contribution in [-0.4, -0.2) is 37.6 Å². The highest BCUT2D eigenvalue weighted by Gasteiger charge is 2.18. The van der Waals surface area contributed by atoms with Crippen molar-refractivity contribution < 1.29 is 0 Å². The highest BCUT2D eigenvalue weighted by molar-refractivity contribution is 4.73. The monoisotopic (exact) mass is 226 g/mol. The van der Waals surface area contributed by atoms with Crippen LogP contribution in [0.15, 0.2) is 0 Å². The molecule has 0 unspecified atom stereocenters. The molecule has 1 aliphatic rings. The Morgan fingerprint density at radius 3 is 2.50 bits per heavy atom. The van der Waals surface area contributed by atoms with E-state index in [0.717, 1.165) is 11.8 Å². The maximum atomic E-state index is 3.59. The van der Waals surface area contributed by atoms with Crippen LogP contribution in [0.5, 0.6) is 0 Å². The topological polar surface area (TPSA) is 15.3 Å². The largest absolute Gasteiger partial charge is 0.316 e. The molecule has 1 fully saturated rings. The molecular formula is C14H30N2. The van der Waals surface area contributed by atoms with Crippen molar-refractivity contribution >= 4 is 0 Å². The smallest absolute Gasteiger partial charge is 0.00156 e. The minimum absolute atomic E-state index is 0.782. The highest BCUT2D eigenvalue weighted by atomic mass is 15.1. The molecule has 0 amide bonds. The quantitative estimate of drug-likeness (QED) is 0.718. The first-order valence-electron chi connectivity index (χ1n) is 7.15. The Bertz CT molecular complexity index is 160. The van der Waals surface area contributed by atoms with Crippen molar-refractivity contribution in [3.63, 3.8) is 0 Å². The molecule has 0 saturated carbocycles. The van der Waals surface area contributed by atoms with Crippen molar-refractivity contribution in [2.24, 2.45) is 11.8 Å². The molecule has 16 heavy (non-hydrogen) atoms. The van der Waals surface area contributed by atoms with Crippen LogP contribution in [0.4, 0.5) is 0 Å². The normalized spacial score (nSPS) is 19.5. The third-order valence-corrected chi connectivity index (χ3v) is 3.52. The van der Waals surface area contributed by atoms with E-state index in [2.05, 4.69) is 31.0 Å². The first-order valence-corrected chi connectivity index (χ1v) is 7.15. The fraction of sp³-hybridized carbons (Fsp3) is 1.00. The maximum absolute atomic E-state index is 3.59. The number of hydrogen-bond acceptors (Lipinski definition) is 2. The van der Waals surface area contributed by atoms with Crippen LogP contribution in [-0.2, 0) is 0 Å². The van der Waals surface area contributed by atoms with Gasteiger partial charge in [0.2, 0.25) is 0 Å². The van der Waals surface area contributed by atoms with Gasteiger partial charge in [-0.2, -0.15) is 0 Å². The van der Waals surface area contributed by atoms with Gasteiger partial charge in [0.15, 0.2) is 0 Å².